The number of halogens is 1. The van der Waals surface area contributed by atoms with Crippen molar-refractivity contribution >= 4 is 17.6 Å². The fraction of sp³-hybridized carbons (Fsp3) is 0.625. The molecule has 1 atom stereocenters. The minimum absolute atomic E-state index is 0.217. The van der Waals surface area contributed by atoms with Crippen molar-refractivity contribution in [1.29, 1.82) is 0 Å². The zero-order valence-corrected chi connectivity index (χ0v) is 7.23. The van der Waals surface area contributed by atoms with Gasteiger partial charge in [0.15, 0.2) is 0 Å². The van der Waals surface area contributed by atoms with Gasteiger partial charge in [0.25, 0.3) is 0 Å². The number of allylic oxidation sites excluding steroid dienone is 2. The Hall–Kier alpha value is -0.500. The first kappa shape index (κ1) is 8.60. The number of hydrogen-bond donors (Lipinski definition) is 0. The molecule has 1 aliphatic rings. The standard InChI is InChI=1S/C8H11ClO2/c1-6(10)11-8-4-2-7(9)3-5-8/h4,7H,2-3,5H2,1H3. The number of esters is 1. The minimum atomic E-state index is -0.246. The normalized spacial score (nSPS) is 24.2. The third kappa shape index (κ3) is 2.93. The number of ether oxygens (including phenoxy) is 1. The Kier molecular flexibility index (Phi) is 2.94. The summed E-state index contributed by atoms with van der Waals surface area (Å²) < 4.78 is 4.90. The maximum Gasteiger partial charge on any atom is 0.307 e. The summed E-state index contributed by atoms with van der Waals surface area (Å²) in [4.78, 5) is 10.5. The van der Waals surface area contributed by atoms with Crippen molar-refractivity contribution < 1.29 is 9.53 Å². The summed E-state index contributed by atoms with van der Waals surface area (Å²) >= 11 is 5.83. The Morgan fingerprint density at radius 1 is 1.82 bits per heavy atom. The van der Waals surface area contributed by atoms with Crippen LogP contribution in [0.25, 0.3) is 0 Å². The highest BCUT2D eigenvalue weighted by Crippen LogP contribution is 2.22. The van der Waals surface area contributed by atoms with Gasteiger partial charge in [-0.3, -0.25) is 4.79 Å². The molecule has 1 rings (SSSR count). The Bertz CT molecular complexity index is 187. The fourth-order valence-electron chi connectivity index (χ4n) is 1.06. The molecule has 0 amide bonds. The molecule has 0 spiro atoms. The van der Waals surface area contributed by atoms with E-state index in [4.69, 9.17) is 16.3 Å². The molecule has 0 aromatic carbocycles. The van der Waals surface area contributed by atoms with Gasteiger partial charge >= 0.3 is 5.97 Å². The molecule has 1 unspecified atom stereocenters. The molecule has 0 aromatic rings. The number of carbonyl (C=O) groups excluding carboxylic acids is 1. The van der Waals surface area contributed by atoms with Gasteiger partial charge in [0.05, 0.1) is 0 Å². The molecule has 0 heterocycles. The van der Waals surface area contributed by atoms with Crippen molar-refractivity contribution in [1.82, 2.24) is 0 Å². The van der Waals surface area contributed by atoms with Crippen LogP contribution >= 0.6 is 11.6 Å². The van der Waals surface area contributed by atoms with Gasteiger partial charge in [-0.25, -0.2) is 0 Å². The summed E-state index contributed by atoms with van der Waals surface area (Å²) in [5.41, 5.74) is 0. The minimum Gasteiger partial charge on any atom is -0.432 e. The Morgan fingerprint density at radius 2 is 2.55 bits per heavy atom. The van der Waals surface area contributed by atoms with E-state index in [1.807, 2.05) is 6.08 Å². The van der Waals surface area contributed by atoms with Crippen LogP contribution in [0.3, 0.4) is 0 Å². The molecule has 0 bridgehead atoms. The van der Waals surface area contributed by atoms with Crippen LogP contribution in [0.4, 0.5) is 0 Å². The topological polar surface area (TPSA) is 26.3 Å². The molecule has 0 N–H and O–H groups in total. The van der Waals surface area contributed by atoms with Crippen LogP contribution in [0.5, 0.6) is 0 Å². The first-order chi connectivity index (χ1) is 5.18. The smallest absolute Gasteiger partial charge is 0.307 e. The first-order valence-corrected chi connectivity index (χ1v) is 4.13. The van der Waals surface area contributed by atoms with Gasteiger partial charge in [-0.2, -0.15) is 0 Å². The Balaban J connectivity index is 2.41. The molecular formula is C8H11ClO2. The molecule has 11 heavy (non-hydrogen) atoms. The Labute approximate surface area is 71.2 Å². The summed E-state index contributed by atoms with van der Waals surface area (Å²) in [7, 11) is 0. The number of alkyl halides is 1. The van der Waals surface area contributed by atoms with Gasteiger partial charge in [0.2, 0.25) is 0 Å². The third-order valence-corrected chi connectivity index (χ3v) is 1.98. The van der Waals surface area contributed by atoms with E-state index in [-0.39, 0.29) is 11.3 Å². The maximum absolute atomic E-state index is 10.5. The van der Waals surface area contributed by atoms with Crippen molar-refractivity contribution in [2.45, 2.75) is 31.6 Å². The van der Waals surface area contributed by atoms with Crippen molar-refractivity contribution in [3.63, 3.8) is 0 Å². The third-order valence-electron chi connectivity index (χ3n) is 1.58. The second-order valence-electron chi connectivity index (χ2n) is 2.64. The molecular weight excluding hydrogens is 164 g/mol. The van der Waals surface area contributed by atoms with Gasteiger partial charge < -0.3 is 4.74 Å². The fourth-order valence-corrected chi connectivity index (χ4v) is 1.25. The summed E-state index contributed by atoms with van der Waals surface area (Å²) in [5, 5.41) is 0.217. The van der Waals surface area contributed by atoms with Crippen molar-refractivity contribution in [3.8, 4) is 0 Å². The lowest BCUT2D eigenvalue weighted by molar-refractivity contribution is -0.137. The molecule has 3 heteroatoms. The highest BCUT2D eigenvalue weighted by Gasteiger charge is 2.13. The highest BCUT2D eigenvalue weighted by atomic mass is 35.5. The van der Waals surface area contributed by atoms with Crippen LogP contribution in [-0.2, 0) is 9.53 Å². The average Bonchev–Trinajstić information content (AvgIpc) is 1.93. The summed E-state index contributed by atoms with van der Waals surface area (Å²) in [5.74, 6) is 0.527. The predicted octanol–water partition coefficient (Wildman–Crippen LogP) is 2.22. The molecule has 1 aliphatic carbocycles. The van der Waals surface area contributed by atoms with E-state index in [9.17, 15) is 4.79 Å². The van der Waals surface area contributed by atoms with Crippen LogP contribution in [-0.4, -0.2) is 11.3 Å². The lowest BCUT2D eigenvalue weighted by Gasteiger charge is -2.15. The van der Waals surface area contributed by atoms with Crippen LogP contribution < -0.4 is 0 Å². The lowest BCUT2D eigenvalue weighted by atomic mass is 10.1. The predicted molar refractivity (Wildman–Crippen MR) is 43.3 cm³/mol. The lowest BCUT2D eigenvalue weighted by Crippen LogP contribution is -2.08. The highest BCUT2D eigenvalue weighted by molar-refractivity contribution is 6.20. The second kappa shape index (κ2) is 3.77. The first-order valence-electron chi connectivity index (χ1n) is 3.70. The molecule has 0 aromatic heterocycles. The van der Waals surface area contributed by atoms with E-state index in [0.29, 0.717) is 0 Å². The van der Waals surface area contributed by atoms with E-state index in [1.54, 1.807) is 0 Å². The molecule has 2 nitrogen and oxygen atoms in total. The summed E-state index contributed by atoms with van der Waals surface area (Å²) in [6, 6.07) is 0. The molecule has 62 valence electrons. The van der Waals surface area contributed by atoms with Gasteiger partial charge in [-0.15, -0.1) is 11.6 Å². The van der Waals surface area contributed by atoms with E-state index in [1.165, 1.54) is 6.92 Å². The van der Waals surface area contributed by atoms with E-state index in [2.05, 4.69) is 0 Å². The van der Waals surface area contributed by atoms with Gasteiger partial charge in [0, 0.05) is 18.7 Å². The zero-order chi connectivity index (χ0) is 8.27. The monoisotopic (exact) mass is 174 g/mol. The van der Waals surface area contributed by atoms with Gasteiger partial charge in [0.1, 0.15) is 5.76 Å². The molecule has 0 radical (unpaired) electrons. The summed E-state index contributed by atoms with van der Waals surface area (Å²) in [6.45, 7) is 1.41. The average molecular weight is 175 g/mol. The van der Waals surface area contributed by atoms with Crippen molar-refractivity contribution in [3.05, 3.63) is 11.8 Å². The molecule has 0 fully saturated rings. The second-order valence-corrected chi connectivity index (χ2v) is 3.25. The number of hydrogen-bond acceptors (Lipinski definition) is 2. The maximum atomic E-state index is 10.5. The van der Waals surface area contributed by atoms with Gasteiger partial charge in [-0.1, -0.05) is 0 Å². The zero-order valence-electron chi connectivity index (χ0n) is 6.47. The van der Waals surface area contributed by atoms with Crippen molar-refractivity contribution in [2.24, 2.45) is 0 Å². The van der Waals surface area contributed by atoms with Crippen molar-refractivity contribution in [2.75, 3.05) is 0 Å². The van der Waals surface area contributed by atoms with Crippen LogP contribution in [0.15, 0.2) is 11.8 Å². The summed E-state index contributed by atoms with van der Waals surface area (Å²) in [6.07, 6.45) is 4.39. The number of carbonyl (C=O) groups is 1. The van der Waals surface area contributed by atoms with E-state index < -0.39 is 0 Å². The quantitative estimate of drug-likeness (QED) is 0.450. The molecule has 0 aliphatic heterocycles. The van der Waals surface area contributed by atoms with Crippen LogP contribution in [0.1, 0.15) is 26.2 Å². The SMILES string of the molecule is CC(=O)OC1=CCC(Cl)CC1. The van der Waals surface area contributed by atoms with Crippen LogP contribution in [0.2, 0.25) is 0 Å². The van der Waals surface area contributed by atoms with E-state index >= 15 is 0 Å². The largest absolute Gasteiger partial charge is 0.432 e. The molecule has 0 saturated heterocycles. The Morgan fingerprint density at radius 3 is 3.00 bits per heavy atom. The van der Waals surface area contributed by atoms with E-state index in [0.717, 1.165) is 25.0 Å². The number of rotatable bonds is 1. The van der Waals surface area contributed by atoms with Gasteiger partial charge in [-0.05, 0) is 18.9 Å². The van der Waals surface area contributed by atoms with Crippen LogP contribution in [0, 0.1) is 0 Å². The molecule has 0 saturated carbocycles.